The normalized spacial score (nSPS) is 11.9. The molecule has 0 fully saturated rings. The van der Waals surface area contributed by atoms with Crippen LogP contribution < -0.4 is 9.54 Å². The van der Waals surface area contributed by atoms with Gasteiger partial charge in [-0.05, 0) is 49.7 Å². The number of aromatic nitrogens is 1. The van der Waals surface area contributed by atoms with Gasteiger partial charge in [0.15, 0.2) is 4.80 Å². The van der Waals surface area contributed by atoms with E-state index in [9.17, 15) is 4.79 Å². The number of hydrogen-bond acceptors (Lipinski definition) is 3. The molecule has 124 valence electrons. The van der Waals surface area contributed by atoms with Crippen LogP contribution in [0, 0.1) is 6.92 Å². The fraction of sp³-hybridized carbons (Fsp3) is 0.222. The molecule has 0 aliphatic carbocycles. The minimum Gasteiger partial charge on any atom is -0.495 e. The monoisotopic (exact) mass is 360 g/mol. The molecule has 1 amide bonds. The summed E-state index contributed by atoms with van der Waals surface area (Å²) in [5, 5.41) is 0.595. The predicted molar refractivity (Wildman–Crippen MR) is 98.1 cm³/mol. The molecule has 0 aliphatic heterocycles. The summed E-state index contributed by atoms with van der Waals surface area (Å²) >= 11 is 7.37. The number of benzene rings is 2. The van der Waals surface area contributed by atoms with E-state index in [1.54, 1.807) is 31.4 Å². The van der Waals surface area contributed by atoms with Gasteiger partial charge in [0.25, 0.3) is 5.91 Å². The van der Waals surface area contributed by atoms with E-state index < -0.39 is 0 Å². The second kappa shape index (κ2) is 6.79. The number of aryl methyl sites for hydroxylation is 2. The van der Waals surface area contributed by atoms with Crippen molar-refractivity contribution in [3.8, 4) is 5.75 Å². The predicted octanol–water partition coefficient (Wildman–Crippen LogP) is 4.43. The molecule has 0 atom stereocenters. The maximum absolute atomic E-state index is 12.5. The largest absolute Gasteiger partial charge is 0.495 e. The number of halogens is 1. The SMILES string of the molecule is CCn1c(=NC(=O)c2ccc(Cl)cc2)sc2c(C)ccc(OC)c21. The maximum atomic E-state index is 12.5. The van der Waals surface area contributed by atoms with Gasteiger partial charge >= 0.3 is 0 Å². The van der Waals surface area contributed by atoms with Crippen molar-refractivity contribution < 1.29 is 9.53 Å². The highest BCUT2D eigenvalue weighted by atomic mass is 35.5. The molecule has 3 rings (SSSR count). The summed E-state index contributed by atoms with van der Waals surface area (Å²) in [5.41, 5.74) is 2.63. The Balaban J connectivity index is 2.20. The molecule has 0 radical (unpaired) electrons. The maximum Gasteiger partial charge on any atom is 0.279 e. The first kappa shape index (κ1) is 16.7. The highest BCUT2D eigenvalue weighted by Gasteiger charge is 2.13. The summed E-state index contributed by atoms with van der Waals surface area (Å²) < 4.78 is 8.58. The van der Waals surface area contributed by atoms with Gasteiger partial charge < -0.3 is 9.30 Å². The lowest BCUT2D eigenvalue weighted by Gasteiger charge is -2.07. The van der Waals surface area contributed by atoms with Gasteiger partial charge in [0.1, 0.15) is 11.3 Å². The van der Waals surface area contributed by atoms with Crippen molar-refractivity contribution in [3.63, 3.8) is 0 Å². The van der Waals surface area contributed by atoms with Gasteiger partial charge in [-0.25, -0.2) is 0 Å². The van der Waals surface area contributed by atoms with Crippen LogP contribution in [0.1, 0.15) is 22.8 Å². The van der Waals surface area contributed by atoms with Crippen LogP contribution >= 0.6 is 22.9 Å². The van der Waals surface area contributed by atoms with Gasteiger partial charge in [-0.3, -0.25) is 4.79 Å². The van der Waals surface area contributed by atoms with Gasteiger partial charge in [0, 0.05) is 17.1 Å². The van der Waals surface area contributed by atoms with Crippen molar-refractivity contribution in [1.82, 2.24) is 4.57 Å². The summed E-state index contributed by atoms with van der Waals surface area (Å²) in [6, 6.07) is 10.7. The lowest BCUT2D eigenvalue weighted by Crippen LogP contribution is -2.16. The van der Waals surface area contributed by atoms with Crippen molar-refractivity contribution in [3.05, 3.63) is 57.3 Å². The number of fused-ring (bicyclic) bond motifs is 1. The Morgan fingerprint density at radius 2 is 1.96 bits per heavy atom. The van der Waals surface area contributed by atoms with Gasteiger partial charge in [-0.15, -0.1) is 0 Å². The number of amides is 1. The number of hydrogen-bond donors (Lipinski definition) is 0. The van der Waals surface area contributed by atoms with E-state index in [-0.39, 0.29) is 5.91 Å². The number of carbonyl (C=O) groups is 1. The third-order valence-electron chi connectivity index (χ3n) is 3.81. The molecule has 0 unspecified atom stereocenters. The fourth-order valence-corrected chi connectivity index (χ4v) is 3.87. The van der Waals surface area contributed by atoms with Crippen molar-refractivity contribution in [2.75, 3.05) is 7.11 Å². The summed E-state index contributed by atoms with van der Waals surface area (Å²) in [6.07, 6.45) is 0. The third kappa shape index (κ3) is 2.97. The Kier molecular flexibility index (Phi) is 4.73. The van der Waals surface area contributed by atoms with Crippen molar-refractivity contribution in [2.24, 2.45) is 4.99 Å². The topological polar surface area (TPSA) is 43.6 Å². The Morgan fingerprint density at radius 1 is 1.25 bits per heavy atom. The molecule has 3 aromatic rings. The number of ether oxygens (including phenoxy) is 1. The molecule has 2 aromatic carbocycles. The summed E-state index contributed by atoms with van der Waals surface area (Å²) in [7, 11) is 1.65. The van der Waals surface area contributed by atoms with Gasteiger partial charge in [0.2, 0.25) is 0 Å². The first-order valence-corrected chi connectivity index (χ1v) is 8.76. The van der Waals surface area contributed by atoms with E-state index in [1.165, 1.54) is 11.3 Å². The Labute approximate surface area is 149 Å². The Morgan fingerprint density at radius 3 is 2.58 bits per heavy atom. The van der Waals surface area contributed by atoms with Crippen LogP contribution in [-0.4, -0.2) is 17.6 Å². The average molecular weight is 361 g/mol. The molecule has 0 bridgehead atoms. The molecule has 0 N–H and O–H groups in total. The quantitative estimate of drug-likeness (QED) is 0.693. The van der Waals surface area contributed by atoms with Crippen molar-refractivity contribution in [2.45, 2.75) is 20.4 Å². The lowest BCUT2D eigenvalue weighted by atomic mass is 10.2. The highest BCUT2D eigenvalue weighted by molar-refractivity contribution is 7.16. The molecule has 6 heteroatoms. The van der Waals surface area contributed by atoms with Crippen LogP contribution in [0.3, 0.4) is 0 Å². The molecule has 1 heterocycles. The molecule has 1 aromatic heterocycles. The van der Waals surface area contributed by atoms with Crippen LogP contribution in [0.2, 0.25) is 5.02 Å². The van der Waals surface area contributed by atoms with E-state index in [2.05, 4.69) is 4.99 Å². The number of thiazole rings is 1. The number of carbonyl (C=O) groups excluding carboxylic acids is 1. The smallest absolute Gasteiger partial charge is 0.279 e. The molecule has 0 saturated heterocycles. The Bertz CT molecular complexity index is 971. The van der Waals surface area contributed by atoms with Gasteiger partial charge in [-0.1, -0.05) is 29.0 Å². The molecule has 0 spiro atoms. The van der Waals surface area contributed by atoms with Crippen LogP contribution in [0.15, 0.2) is 41.4 Å². The number of nitrogens with zero attached hydrogens (tertiary/aromatic N) is 2. The van der Waals surface area contributed by atoms with Gasteiger partial charge in [-0.2, -0.15) is 4.99 Å². The Hall–Kier alpha value is -2.11. The first-order valence-electron chi connectivity index (χ1n) is 7.56. The molecule has 24 heavy (non-hydrogen) atoms. The summed E-state index contributed by atoms with van der Waals surface area (Å²) in [4.78, 5) is 17.5. The van der Waals surface area contributed by atoms with E-state index in [0.717, 1.165) is 21.5 Å². The molecule has 4 nitrogen and oxygen atoms in total. The molecule has 0 aliphatic rings. The molecule has 0 saturated carbocycles. The lowest BCUT2D eigenvalue weighted by molar-refractivity contribution is 0.0998. The second-order valence-corrected chi connectivity index (χ2v) is 6.73. The minimum atomic E-state index is -0.281. The van der Waals surface area contributed by atoms with E-state index in [1.807, 2.05) is 30.5 Å². The van der Waals surface area contributed by atoms with Crippen molar-refractivity contribution in [1.29, 1.82) is 0 Å². The van der Waals surface area contributed by atoms with Crippen LogP contribution in [0.25, 0.3) is 10.2 Å². The summed E-state index contributed by atoms with van der Waals surface area (Å²) in [6.45, 7) is 4.77. The highest BCUT2D eigenvalue weighted by Crippen LogP contribution is 2.30. The van der Waals surface area contributed by atoms with Crippen LogP contribution in [0.5, 0.6) is 5.75 Å². The fourth-order valence-electron chi connectivity index (χ4n) is 2.57. The van der Waals surface area contributed by atoms with E-state index in [0.29, 0.717) is 21.9 Å². The zero-order valence-corrected chi connectivity index (χ0v) is 15.2. The number of rotatable bonds is 3. The average Bonchev–Trinajstić information content (AvgIpc) is 2.95. The molecular formula is C18H17ClN2O2S. The van der Waals surface area contributed by atoms with Crippen molar-refractivity contribution >= 4 is 39.1 Å². The van der Waals surface area contributed by atoms with E-state index in [4.69, 9.17) is 16.3 Å². The minimum absolute atomic E-state index is 0.281. The second-order valence-electron chi connectivity index (χ2n) is 5.32. The third-order valence-corrected chi connectivity index (χ3v) is 5.28. The van der Waals surface area contributed by atoms with E-state index >= 15 is 0 Å². The first-order chi connectivity index (χ1) is 11.5. The zero-order valence-electron chi connectivity index (χ0n) is 13.7. The van der Waals surface area contributed by atoms with Gasteiger partial charge in [0.05, 0.1) is 11.8 Å². The zero-order chi connectivity index (χ0) is 17.3. The van der Waals surface area contributed by atoms with Crippen LogP contribution in [0.4, 0.5) is 0 Å². The molecular weight excluding hydrogens is 344 g/mol. The number of methoxy groups -OCH3 is 1. The standard InChI is InChI=1S/C18H17ClN2O2S/c1-4-21-15-14(23-3)10-5-11(2)16(15)24-18(21)20-17(22)12-6-8-13(19)9-7-12/h5-10H,4H2,1-3H3. The summed E-state index contributed by atoms with van der Waals surface area (Å²) in [5.74, 6) is 0.506. The van der Waals surface area contributed by atoms with Crippen LogP contribution in [-0.2, 0) is 6.54 Å².